The predicted octanol–water partition coefficient (Wildman–Crippen LogP) is 2.67. The number of fused-ring (bicyclic) bond motifs is 1. The highest BCUT2D eigenvalue weighted by atomic mass is 79.9. The standard InChI is InChI=1S/C14H18BrClN4O/c1-20(2)7-6-11(17-12(21)8-16)14-13-9(15)4-3-5-10(13)18-19-14/h3-5,11H,6-8H2,1-2H3,(H,17,21)(H,18,19). The summed E-state index contributed by atoms with van der Waals surface area (Å²) in [6.07, 6.45) is 0.772. The molecule has 0 aliphatic carbocycles. The smallest absolute Gasteiger partial charge is 0.235 e. The van der Waals surface area contributed by atoms with Gasteiger partial charge in [-0.3, -0.25) is 9.89 Å². The number of hydrogen-bond acceptors (Lipinski definition) is 3. The molecule has 1 aromatic carbocycles. The van der Waals surface area contributed by atoms with Crippen molar-refractivity contribution in [3.8, 4) is 0 Å². The van der Waals surface area contributed by atoms with E-state index in [2.05, 4.69) is 36.3 Å². The molecule has 1 heterocycles. The Bertz CT molecular complexity index is 628. The zero-order valence-electron chi connectivity index (χ0n) is 12.0. The fraction of sp³-hybridized carbons (Fsp3) is 0.429. The minimum Gasteiger partial charge on any atom is -0.347 e. The molecule has 0 bridgehead atoms. The van der Waals surface area contributed by atoms with Crippen molar-refractivity contribution in [2.45, 2.75) is 12.5 Å². The fourth-order valence-electron chi connectivity index (χ4n) is 2.21. The van der Waals surface area contributed by atoms with Crippen LogP contribution >= 0.6 is 27.5 Å². The first-order valence-corrected chi connectivity index (χ1v) is 7.98. The average Bonchev–Trinajstić information content (AvgIpc) is 2.88. The summed E-state index contributed by atoms with van der Waals surface area (Å²) in [5.41, 5.74) is 1.77. The van der Waals surface area contributed by atoms with Crippen molar-refractivity contribution >= 4 is 44.3 Å². The molecule has 7 heteroatoms. The molecule has 0 aliphatic rings. The van der Waals surface area contributed by atoms with Gasteiger partial charge in [-0.1, -0.05) is 22.0 Å². The quantitative estimate of drug-likeness (QED) is 0.765. The van der Waals surface area contributed by atoms with Crippen LogP contribution in [0.15, 0.2) is 22.7 Å². The monoisotopic (exact) mass is 372 g/mol. The Hall–Kier alpha value is -1.11. The number of rotatable bonds is 6. The molecule has 0 radical (unpaired) electrons. The maximum Gasteiger partial charge on any atom is 0.235 e. The number of H-pyrrole nitrogens is 1. The summed E-state index contributed by atoms with van der Waals surface area (Å²) >= 11 is 9.16. The van der Waals surface area contributed by atoms with Crippen molar-refractivity contribution in [1.29, 1.82) is 0 Å². The van der Waals surface area contributed by atoms with E-state index >= 15 is 0 Å². The van der Waals surface area contributed by atoms with Gasteiger partial charge in [0.25, 0.3) is 0 Å². The van der Waals surface area contributed by atoms with Gasteiger partial charge in [0.05, 0.1) is 17.3 Å². The number of carbonyl (C=O) groups is 1. The summed E-state index contributed by atoms with van der Waals surface area (Å²) in [5.74, 6) is -0.235. The minimum atomic E-state index is -0.185. The first kappa shape index (κ1) is 16.3. The van der Waals surface area contributed by atoms with Gasteiger partial charge in [0.2, 0.25) is 5.91 Å². The van der Waals surface area contributed by atoms with Crippen molar-refractivity contribution in [3.63, 3.8) is 0 Å². The van der Waals surface area contributed by atoms with Gasteiger partial charge >= 0.3 is 0 Å². The molecule has 21 heavy (non-hydrogen) atoms. The number of amides is 1. The van der Waals surface area contributed by atoms with Gasteiger partial charge < -0.3 is 10.2 Å². The predicted molar refractivity (Wildman–Crippen MR) is 88.6 cm³/mol. The van der Waals surface area contributed by atoms with Gasteiger partial charge in [0.15, 0.2) is 0 Å². The lowest BCUT2D eigenvalue weighted by atomic mass is 10.1. The molecule has 1 atom stereocenters. The number of carbonyl (C=O) groups excluding carboxylic acids is 1. The second-order valence-corrected chi connectivity index (χ2v) is 6.24. The lowest BCUT2D eigenvalue weighted by Gasteiger charge is -2.20. The lowest BCUT2D eigenvalue weighted by Crippen LogP contribution is -2.32. The number of alkyl halides is 1. The van der Waals surface area contributed by atoms with Crippen LogP contribution in [0.5, 0.6) is 0 Å². The van der Waals surface area contributed by atoms with Gasteiger partial charge in [-0.05, 0) is 39.2 Å². The Morgan fingerprint density at radius 3 is 2.95 bits per heavy atom. The number of halogens is 2. The topological polar surface area (TPSA) is 61.0 Å². The number of aromatic nitrogens is 2. The lowest BCUT2D eigenvalue weighted by molar-refractivity contribution is -0.119. The molecule has 5 nitrogen and oxygen atoms in total. The molecule has 1 amide bonds. The Balaban J connectivity index is 2.35. The highest BCUT2D eigenvalue weighted by Crippen LogP contribution is 2.30. The highest BCUT2D eigenvalue weighted by Gasteiger charge is 2.20. The SMILES string of the molecule is CN(C)CCC(NC(=O)CCl)c1[nH]nc2cccc(Br)c12. The first-order chi connectivity index (χ1) is 10.0. The van der Waals surface area contributed by atoms with Gasteiger partial charge in [0, 0.05) is 9.86 Å². The van der Waals surface area contributed by atoms with Gasteiger partial charge in [-0.15, -0.1) is 11.6 Å². The zero-order chi connectivity index (χ0) is 15.4. The van der Waals surface area contributed by atoms with Crippen LogP contribution in [0.4, 0.5) is 0 Å². The van der Waals surface area contributed by atoms with Crippen molar-refractivity contribution in [2.24, 2.45) is 0 Å². The van der Waals surface area contributed by atoms with Crippen LogP contribution in [0.25, 0.3) is 10.9 Å². The maximum absolute atomic E-state index is 11.7. The molecule has 0 saturated heterocycles. The summed E-state index contributed by atoms with van der Waals surface area (Å²) in [6, 6.07) is 5.69. The minimum absolute atomic E-state index is 0.0499. The van der Waals surface area contributed by atoms with E-state index in [9.17, 15) is 4.79 Å². The third-order valence-corrected chi connectivity index (χ3v) is 4.13. The van der Waals surface area contributed by atoms with E-state index in [1.54, 1.807) is 0 Å². The van der Waals surface area contributed by atoms with Gasteiger partial charge in [-0.2, -0.15) is 5.10 Å². The molecule has 1 aromatic heterocycles. The Morgan fingerprint density at radius 2 is 2.29 bits per heavy atom. The number of aromatic amines is 1. The molecular weight excluding hydrogens is 356 g/mol. The maximum atomic E-state index is 11.7. The molecule has 0 aliphatic heterocycles. The Labute approximate surface area is 137 Å². The third-order valence-electron chi connectivity index (χ3n) is 3.23. The molecule has 2 aromatic rings. The molecule has 1 unspecified atom stereocenters. The molecule has 2 rings (SSSR count). The van der Waals surface area contributed by atoms with Gasteiger partial charge in [-0.25, -0.2) is 0 Å². The average molecular weight is 374 g/mol. The second kappa shape index (κ2) is 7.24. The zero-order valence-corrected chi connectivity index (χ0v) is 14.3. The summed E-state index contributed by atoms with van der Waals surface area (Å²) in [5, 5.41) is 11.3. The molecule has 2 N–H and O–H groups in total. The summed E-state index contributed by atoms with van der Waals surface area (Å²) in [4.78, 5) is 13.8. The van der Waals surface area contributed by atoms with Crippen molar-refractivity contribution < 1.29 is 4.79 Å². The Morgan fingerprint density at radius 1 is 1.52 bits per heavy atom. The third kappa shape index (κ3) is 3.96. The number of benzene rings is 1. The van der Waals surface area contributed by atoms with Crippen LogP contribution in [0, 0.1) is 0 Å². The van der Waals surface area contributed by atoms with Gasteiger partial charge in [0.1, 0.15) is 5.88 Å². The molecule has 0 fully saturated rings. The van der Waals surface area contributed by atoms with Crippen molar-refractivity contribution in [1.82, 2.24) is 20.4 Å². The van der Waals surface area contributed by atoms with E-state index in [-0.39, 0.29) is 17.8 Å². The number of nitrogens with zero attached hydrogens (tertiary/aromatic N) is 2. The normalized spacial score (nSPS) is 12.8. The number of nitrogens with one attached hydrogen (secondary N) is 2. The van der Waals surface area contributed by atoms with E-state index in [0.717, 1.165) is 34.0 Å². The summed E-state index contributed by atoms with van der Waals surface area (Å²) < 4.78 is 0.957. The van der Waals surface area contributed by atoms with Crippen LogP contribution in [-0.4, -0.2) is 47.5 Å². The molecule has 0 spiro atoms. The molecular formula is C14H18BrClN4O. The van der Waals surface area contributed by atoms with Crippen LogP contribution in [0.1, 0.15) is 18.2 Å². The fourth-order valence-corrected chi connectivity index (χ4v) is 2.86. The highest BCUT2D eigenvalue weighted by molar-refractivity contribution is 9.10. The van der Waals surface area contributed by atoms with Crippen LogP contribution in [0.3, 0.4) is 0 Å². The van der Waals surface area contributed by atoms with E-state index in [1.807, 2.05) is 32.3 Å². The van der Waals surface area contributed by atoms with Crippen molar-refractivity contribution in [3.05, 3.63) is 28.4 Å². The first-order valence-electron chi connectivity index (χ1n) is 6.65. The number of hydrogen-bond donors (Lipinski definition) is 2. The second-order valence-electron chi connectivity index (χ2n) is 5.12. The van der Waals surface area contributed by atoms with Crippen LogP contribution in [0.2, 0.25) is 0 Å². The summed E-state index contributed by atoms with van der Waals surface area (Å²) in [6.45, 7) is 0.845. The largest absolute Gasteiger partial charge is 0.347 e. The van der Waals surface area contributed by atoms with E-state index in [1.165, 1.54) is 0 Å². The molecule has 0 saturated carbocycles. The van der Waals surface area contributed by atoms with E-state index in [0.29, 0.717) is 0 Å². The van der Waals surface area contributed by atoms with Crippen LogP contribution < -0.4 is 5.32 Å². The molecule has 114 valence electrons. The van der Waals surface area contributed by atoms with Crippen LogP contribution in [-0.2, 0) is 4.79 Å². The van der Waals surface area contributed by atoms with E-state index in [4.69, 9.17) is 11.6 Å². The summed E-state index contributed by atoms with van der Waals surface area (Å²) in [7, 11) is 4.00. The van der Waals surface area contributed by atoms with Crippen molar-refractivity contribution in [2.75, 3.05) is 26.5 Å². The Kier molecular flexibility index (Phi) is 5.61. The van der Waals surface area contributed by atoms with E-state index < -0.39 is 0 Å².